The van der Waals surface area contributed by atoms with Gasteiger partial charge in [0.1, 0.15) is 0 Å². The van der Waals surface area contributed by atoms with Crippen molar-refractivity contribution >= 4 is 33.3 Å². The topological polar surface area (TPSA) is 24.7 Å². The molecule has 2 rings (SSSR count). The fourth-order valence-electron chi connectivity index (χ4n) is 1.28. The van der Waals surface area contributed by atoms with Gasteiger partial charge in [-0.25, -0.2) is 0 Å². The molecule has 3 heteroatoms. The third-order valence-corrected chi connectivity index (χ3v) is 2.14. The van der Waals surface area contributed by atoms with Crippen LogP contribution >= 0.6 is 0 Å². The van der Waals surface area contributed by atoms with Gasteiger partial charge >= 0.3 is 98.2 Å². The van der Waals surface area contributed by atoms with Crippen LogP contribution in [0.1, 0.15) is 0 Å². The van der Waals surface area contributed by atoms with Gasteiger partial charge in [0, 0.05) is 0 Å². The number of benzene rings is 2. The molecule has 0 atom stereocenters. The summed E-state index contributed by atoms with van der Waals surface area (Å²) in [7, 11) is 0. The summed E-state index contributed by atoms with van der Waals surface area (Å²) in [5.74, 6) is 0. The second-order valence-corrected chi connectivity index (χ2v) is 3.32. The fraction of sp³-hybridized carbons (Fsp3) is 0. The molecule has 0 bridgehead atoms. The van der Waals surface area contributed by atoms with Crippen LogP contribution in [0.15, 0.2) is 64.8 Å². The summed E-state index contributed by atoms with van der Waals surface area (Å²) in [5, 5.41) is 8.36. The third kappa shape index (κ3) is 2.79. The summed E-state index contributed by atoms with van der Waals surface area (Å²) >= 11 is 2.03. The van der Waals surface area contributed by atoms with E-state index in [4.69, 9.17) is 0 Å². The second kappa shape index (κ2) is 4.93. The maximum atomic E-state index is 4.20. The van der Waals surface area contributed by atoms with Gasteiger partial charge in [-0.2, -0.15) is 0 Å². The van der Waals surface area contributed by atoms with Crippen molar-refractivity contribution in [3.63, 3.8) is 0 Å². The van der Waals surface area contributed by atoms with E-state index in [1.807, 2.05) is 72.3 Å². The Morgan fingerprint density at radius 3 is 2.13 bits per heavy atom. The third-order valence-electron chi connectivity index (χ3n) is 2.14. The standard InChI is InChI=1S/C12H9N2.Li/c1-3-7-11(8-4-1)13-14-12-9-5-2-6-10-12;/h1-9H;. The van der Waals surface area contributed by atoms with E-state index in [0.29, 0.717) is 0 Å². The molecule has 0 aromatic heterocycles. The van der Waals surface area contributed by atoms with E-state index in [1.54, 1.807) is 0 Å². The maximum absolute atomic E-state index is 4.20. The Bertz CT molecular complexity index is 466. The molecule has 0 spiro atoms. The van der Waals surface area contributed by atoms with E-state index < -0.39 is 0 Å². The molecule has 2 nitrogen and oxygen atoms in total. The normalized spacial score (nSPS) is 10.8. The molecule has 15 heavy (non-hydrogen) atoms. The van der Waals surface area contributed by atoms with E-state index in [2.05, 4.69) is 10.2 Å². The zero-order valence-electron chi connectivity index (χ0n) is 8.59. The van der Waals surface area contributed by atoms with Gasteiger partial charge in [0.05, 0.1) is 0 Å². The fourth-order valence-corrected chi connectivity index (χ4v) is 1.28. The van der Waals surface area contributed by atoms with E-state index >= 15 is 0 Å². The summed E-state index contributed by atoms with van der Waals surface area (Å²) < 4.78 is 1.14. The Labute approximate surface area is 98.3 Å². The van der Waals surface area contributed by atoms with Gasteiger partial charge in [-0.15, -0.1) is 0 Å². The van der Waals surface area contributed by atoms with Crippen LogP contribution in [0.3, 0.4) is 0 Å². The van der Waals surface area contributed by atoms with E-state index in [1.165, 1.54) is 0 Å². The van der Waals surface area contributed by atoms with Crippen molar-refractivity contribution in [1.29, 1.82) is 0 Å². The molecule has 0 unspecified atom stereocenters. The van der Waals surface area contributed by atoms with Gasteiger partial charge in [-0.3, -0.25) is 0 Å². The molecule has 2 aromatic carbocycles. The molecule has 0 saturated heterocycles. The first kappa shape index (κ1) is 10.2. The van der Waals surface area contributed by atoms with Crippen molar-refractivity contribution in [2.45, 2.75) is 0 Å². The number of hydrogen-bond donors (Lipinski definition) is 0. The van der Waals surface area contributed by atoms with Crippen LogP contribution in [-0.2, 0) is 0 Å². The van der Waals surface area contributed by atoms with Crippen LogP contribution in [0.4, 0.5) is 11.4 Å². The van der Waals surface area contributed by atoms with Crippen molar-refractivity contribution in [1.82, 2.24) is 0 Å². The minimum atomic E-state index is 0.876. The molecular formula is C12H9LiN2. The van der Waals surface area contributed by atoms with Gasteiger partial charge in [-0.1, -0.05) is 0 Å². The van der Waals surface area contributed by atoms with Crippen LogP contribution in [0, 0.1) is 0 Å². The van der Waals surface area contributed by atoms with Gasteiger partial charge in [0.2, 0.25) is 0 Å². The van der Waals surface area contributed by atoms with E-state index in [-0.39, 0.29) is 0 Å². The van der Waals surface area contributed by atoms with Gasteiger partial charge in [-0.05, 0) is 0 Å². The van der Waals surface area contributed by atoms with Crippen molar-refractivity contribution in [3.8, 4) is 0 Å². The van der Waals surface area contributed by atoms with Crippen LogP contribution < -0.4 is 4.24 Å². The average Bonchev–Trinajstić information content (AvgIpc) is 2.29. The Morgan fingerprint density at radius 2 is 1.40 bits per heavy atom. The molecule has 2 aromatic rings. The van der Waals surface area contributed by atoms with Gasteiger partial charge < -0.3 is 0 Å². The summed E-state index contributed by atoms with van der Waals surface area (Å²) in [6, 6.07) is 17.7. The Balaban J connectivity index is 2.23. The molecule has 0 heterocycles. The zero-order valence-corrected chi connectivity index (χ0v) is 8.59. The van der Waals surface area contributed by atoms with Gasteiger partial charge in [0.25, 0.3) is 0 Å². The quantitative estimate of drug-likeness (QED) is 0.511. The number of rotatable bonds is 2. The molecule has 0 saturated carbocycles. The van der Waals surface area contributed by atoms with E-state index in [0.717, 1.165) is 15.6 Å². The van der Waals surface area contributed by atoms with Crippen LogP contribution in [0.5, 0.6) is 0 Å². The first-order valence-electron chi connectivity index (χ1n) is 4.89. The Kier molecular flexibility index (Phi) is 3.34. The van der Waals surface area contributed by atoms with E-state index in [9.17, 15) is 0 Å². The Morgan fingerprint density at radius 1 is 0.733 bits per heavy atom. The summed E-state index contributed by atoms with van der Waals surface area (Å²) in [5.41, 5.74) is 1.79. The molecular weight excluding hydrogens is 179 g/mol. The number of nitrogens with zero attached hydrogens (tertiary/aromatic N) is 2. The molecule has 68 valence electrons. The summed E-state index contributed by atoms with van der Waals surface area (Å²) in [6.45, 7) is 0. The van der Waals surface area contributed by atoms with Crippen LogP contribution in [0.25, 0.3) is 0 Å². The molecule has 0 fully saturated rings. The first-order valence-corrected chi connectivity index (χ1v) is 4.89. The van der Waals surface area contributed by atoms with Crippen molar-refractivity contribution < 1.29 is 0 Å². The van der Waals surface area contributed by atoms with Crippen molar-refractivity contribution in [2.75, 3.05) is 0 Å². The molecule has 0 aliphatic carbocycles. The summed E-state index contributed by atoms with van der Waals surface area (Å²) in [4.78, 5) is 0. The number of azo groups is 1. The average molecular weight is 188 g/mol. The molecule has 0 aliphatic rings. The SMILES string of the molecule is [Li][c]1ccccc1N=Nc1ccccc1. The monoisotopic (exact) mass is 188 g/mol. The van der Waals surface area contributed by atoms with Crippen LogP contribution in [-0.4, -0.2) is 17.7 Å². The van der Waals surface area contributed by atoms with Crippen molar-refractivity contribution in [2.24, 2.45) is 10.2 Å². The van der Waals surface area contributed by atoms with Crippen LogP contribution in [0.2, 0.25) is 0 Å². The second-order valence-electron chi connectivity index (χ2n) is 3.32. The molecule has 0 aliphatic heterocycles. The Hall–Kier alpha value is -1.36. The molecule has 0 amide bonds. The zero-order chi connectivity index (χ0) is 10.5. The summed E-state index contributed by atoms with van der Waals surface area (Å²) in [6.07, 6.45) is 0. The van der Waals surface area contributed by atoms with Gasteiger partial charge in [0.15, 0.2) is 0 Å². The molecule has 0 radical (unpaired) electrons. The molecule has 0 N–H and O–H groups in total. The number of hydrogen-bond acceptors (Lipinski definition) is 2. The predicted octanol–water partition coefficient (Wildman–Crippen LogP) is 2.90. The van der Waals surface area contributed by atoms with Crippen molar-refractivity contribution in [3.05, 3.63) is 54.6 Å². The minimum absolute atomic E-state index is 0.876. The first-order chi connectivity index (χ1) is 7.36. The predicted molar refractivity (Wildman–Crippen MR) is 62.4 cm³/mol.